The molecule has 152 valence electrons. The molecule has 1 aliphatic heterocycles. The average molecular weight is 412 g/mol. The maximum Gasteiger partial charge on any atom is 0.262 e. The second kappa shape index (κ2) is 8.37. The molecule has 0 radical (unpaired) electrons. The second-order valence-corrected chi connectivity index (χ2v) is 8.38. The predicted molar refractivity (Wildman–Crippen MR) is 115 cm³/mol. The normalized spacial score (nSPS) is 13.7. The SMILES string of the molecule is COc1ccc(CCNC(=O)c2sc3nc4n(c(=O)c3c2C)CCCCC4)cc1. The van der Waals surface area contributed by atoms with Crippen molar-refractivity contribution in [1.29, 1.82) is 0 Å². The van der Waals surface area contributed by atoms with Crippen LogP contribution in [0.2, 0.25) is 0 Å². The molecule has 1 amide bonds. The number of carbonyl (C=O) groups excluding carboxylic acids is 1. The number of aromatic nitrogens is 2. The van der Waals surface area contributed by atoms with E-state index in [4.69, 9.17) is 9.72 Å². The number of carbonyl (C=O) groups is 1. The summed E-state index contributed by atoms with van der Waals surface area (Å²) >= 11 is 1.32. The molecule has 0 saturated heterocycles. The summed E-state index contributed by atoms with van der Waals surface area (Å²) < 4.78 is 6.97. The van der Waals surface area contributed by atoms with E-state index in [0.717, 1.165) is 61.3 Å². The van der Waals surface area contributed by atoms with Gasteiger partial charge in [0.15, 0.2) is 0 Å². The molecule has 6 nitrogen and oxygen atoms in total. The van der Waals surface area contributed by atoms with Crippen molar-refractivity contribution in [2.24, 2.45) is 0 Å². The van der Waals surface area contributed by atoms with Gasteiger partial charge in [-0.05, 0) is 49.4 Å². The minimum atomic E-state index is -0.140. The second-order valence-electron chi connectivity index (χ2n) is 7.39. The fraction of sp³-hybridized carbons (Fsp3) is 0.409. The van der Waals surface area contributed by atoms with Crippen LogP contribution in [0.15, 0.2) is 29.1 Å². The van der Waals surface area contributed by atoms with E-state index in [1.807, 2.05) is 31.2 Å². The van der Waals surface area contributed by atoms with Gasteiger partial charge in [0.05, 0.1) is 17.4 Å². The van der Waals surface area contributed by atoms with Crippen molar-refractivity contribution < 1.29 is 9.53 Å². The maximum atomic E-state index is 13.0. The van der Waals surface area contributed by atoms with E-state index in [0.29, 0.717) is 21.6 Å². The van der Waals surface area contributed by atoms with Gasteiger partial charge in [0.2, 0.25) is 0 Å². The van der Waals surface area contributed by atoms with Crippen LogP contribution in [0.3, 0.4) is 0 Å². The van der Waals surface area contributed by atoms with E-state index in [-0.39, 0.29) is 11.5 Å². The van der Waals surface area contributed by atoms with Crippen molar-refractivity contribution in [2.45, 2.75) is 45.6 Å². The van der Waals surface area contributed by atoms with Crippen molar-refractivity contribution in [3.8, 4) is 5.75 Å². The summed E-state index contributed by atoms with van der Waals surface area (Å²) in [5, 5.41) is 3.58. The fourth-order valence-corrected chi connectivity index (χ4v) is 4.93. The van der Waals surface area contributed by atoms with Crippen molar-refractivity contribution in [1.82, 2.24) is 14.9 Å². The maximum absolute atomic E-state index is 13.0. The number of aryl methyl sites for hydroxylation is 2. The van der Waals surface area contributed by atoms with Crippen LogP contribution in [-0.2, 0) is 19.4 Å². The zero-order chi connectivity index (χ0) is 20.4. The lowest BCUT2D eigenvalue weighted by Gasteiger charge is -2.08. The van der Waals surface area contributed by atoms with Crippen molar-refractivity contribution in [3.05, 3.63) is 56.4 Å². The number of fused-ring (bicyclic) bond motifs is 2. The summed E-state index contributed by atoms with van der Waals surface area (Å²) in [7, 11) is 1.64. The van der Waals surface area contributed by atoms with Gasteiger partial charge in [-0.3, -0.25) is 14.2 Å². The van der Waals surface area contributed by atoms with E-state index < -0.39 is 0 Å². The Morgan fingerprint density at radius 1 is 1.24 bits per heavy atom. The Labute approximate surface area is 173 Å². The molecule has 0 unspecified atom stereocenters. The van der Waals surface area contributed by atoms with Crippen LogP contribution in [0, 0.1) is 6.92 Å². The van der Waals surface area contributed by atoms with E-state index in [1.165, 1.54) is 11.3 Å². The topological polar surface area (TPSA) is 73.2 Å². The van der Waals surface area contributed by atoms with E-state index in [9.17, 15) is 9.59 Å². The third-order valence-electron chi connectivity index (χ3n) is 5.48. The molecule has 1 aliphatic rings. The Kier molecular flexibility index (Phi) is 5.67. The van der Waals surface area contributed by atoms with E-state index in [1.54, 1.807) is 11.7 Å². The molecule has 0 fully saturated rings. The Morgan fingerprint density at radius 3 is 2.79 bits per heavy atom. The first kappa shape index (κ1) is 19.6. The molecule has 1 aromatic carbocycles. The molecule has 29 heavy (non-hydrogen) atoms. The number of nitrogens with one attached hydrogen (secondary N) is 1. The number of ether oxygens (including phenoxy) is 1. The lowest BCUT2D eigenvalue weighted by Crippen LogP contribution is -2.26. The molecular weight excluding hydrogens is 386 g/mol. The molecular formula is C22H25N3O3S. The fourth-order valence-electron chi connectivity index (χ4n) is 3.82. The third kappa shape index (κ3) is 3.92. The number of hydrogen-bond acceptors (Lipinski definition) is 5. The molecule has 0 atom stereocenters. The molecule has 0 spiro atoms. The summed E-state index contributed by atoms with van der Waals surface area (Å²) in [4.78, 5) is 31.8. The van der Waals surface area contributed by atoms with Gasteiger partial charge < -0.3 is 10.1 Å². The van der Waals surface area contributed by atoms with Crippen LogP contribution in [-0.4, -0.2) is 29.1 Å². The summed E-state index contributed by atoms with van der Waals surface area (Å²) in [6.07, 6.45) is 4.74. The van der Waals surface area contributed by atoms with Gasteiger partial charge in [-0.25, -0.2) is 4.98 Å². The number of hydrogen-bond donors (Lipinski definition) is 1. The standard InChI is InChI=1S/C22H25N3O3S/c1-14-18-21(24-17-6-4-3-5-13-25(17)22(18)27)29-19(14)20(26)23-12-11-15-7-9-16(28-2)10-8-15/h7-10H,3-6,11-13H2,1-2H3,(H,23,26). The highest BCUT2D eigenvalue weighted by Gasteiger charge is 2.22. The molecule has 0 bridgehead atoms. The zero-order valence-electron chi connectivity index (χ0n) is 16.8. The Bertz CT molecular complexity index is 1100. The van der Waals surface area contributed by atoms with Gasteiger partial charge in [-0.2, -0.15) is 0 Å². The highest BCUT2D eigenvalue weighted by molar-refractivity contribution is 7.20. The van der Waals surface area contributed by atoms with Gasteiger partial charge in [0.25, 0.3) is 11.5 Å². The number of benzene rings is 1. The number of thiophene rings is 1. The van der Waals surface area contributed by atoms with Crippen LogP contribution < -0.4 is 15.6 Å². The van der Waals surface area contributed by atoms with Crippen LogP contribution in [0.5, 0.6) is 5.75 Å². The smallest absolute Gasteiger partial charge is 0.262 e. The number of rotatable bonds is 5. The summed E-state index contributed by atoms with van der Waals surface area (Å²) in [6.45, 7) is 3.10. The van der Waals surface area contributed by atoms with Crippen LogP contribution in [0.25, 0.3) is 10.2 Å². The number of methoxy groups -OCH3 is 1. The zero-order valence-corrected chi connectivity index (χ0v) is 17.6. The first-order valence-corrected chi connectivity index (χ1v) is 10.8. The lowest BCUT2D eigenvalue weighted by molar-refractivity contribution is 0.0957. The molecule has 2 aromatic heterocycles. The minimum absolute atomic E-state index is 0.00191. The van der Waals surface area contributed by atoms with Crippen molar-refractivity contribution in [2.75, 3.05) is 13.7 Å². The molecule has 3 heterocycles. The lowest BCUT2D eigenvalue weighted by atomic mass is 10.1. The highest BCUT2D eigenvalue weighted by atomic mass is 32.1. The Hall–Kier alpha value is -2.67. The van der Waals surface area contributed by atoms with Crippen LogP contribution >= 0.6 is 11.3 Å². The molecule has 7 heteroatoms. The highest BCUT2D eigenvalue weighted by Crippen LogP contribution is 2.28. The molecule has 0 saturated carbocycles. The average Bonchev–Trinajstić information content (AvgIpc) is 2.89. The molecule has 4 rings (SSSR count). The molecule has 1 N–H and O–H groups in total. The van der Waals surface area contributed by atoms with E-state index in [2.05, 4.69) is 5.32 Å². The van der Waals surface area contributed by atoms with Crippen LogP contribution in [0.1, 0.15) is 45.9 Å². The van der Waals surface area contributed by atoms with Gasteiger partial charge in [-0.15, -0.1) is 11.3 Å². The Balaban J connectivity index is 1.52. The van der Waals surface area contributed by atoms with Crippen LogP contribution in [0.4, 0.5) is 0 Å². The van der Waals surface area contributed by atoms with Gasteiger partial charge in [0.1, 0.15) is 16.4 Å². The number of nitrogens with zero attached hydrogens (tertiary/aromatic N) is 2. The quantitative estimate of drug-likeness (QED) is 0.698. The van der Waals surface area contributed by atoms with Crippen molar-refractivity contribution in [3.63, 3.8) is 0 Å². The first-order valence-electron chi connectivity index (χ1n) is 10.0. The largest absolute Gasteiger partial charge is 0.497 e. The van der Waals surface area contributed by atoms with Gasteiger partial charge in [-0.1, -0.05) is 18.6 Å². The minimum Gasteiger partial charge on any atom is -0.497 e. The molecule has 3 aromatic rings. The van der Waals surface area contributed by atoms with Gasteiger partial charge >= 0.3 is 0 Å². The summed E-state index contributed by atoms with van der Waals surface area (Å²) in [5.41, 5.74) is 1.87. The third-order valence-corrected chi connectivity index (χ3v) is 6.66. The summed E-state index contributed by atoms with van der Waals surface area (Å²) in [6, 6.07) is 7.81. The first-order chi connectivity index (χ1) is 14.1. The van der Waals surface area contributed by atoms with Gasteiger partial charge in [0, 0.05) is 19.5 Å². The summed E-state index contributed by atoms with van der Waals surface area (Å²) in [5.74, 6) is 1.53. The monoisotopic (exact) mass is 411 g/mol. The van der Waals surface area contributed by atoms with Crippen molar-refractivity contribution >= 4 is 27.5 Å². The number of amides is 1. The predicted octanol–water partition coefficient (Wildman–Crippen LogP) is 3.47. The molecule has 0 aliphatic carbocycles. The van der Waals surface area contributed by atoms with E-state index >= 15 is 0 Å². The Morgan fingerprint density at radius 2 is 2.03 bits per heavy atom.